The van der Waals surface area contributed by atoms with Crippen molar-refractivity contribution >= 4 is 23.9 Å². The Hall–Kier alpha value is -5.32. The first-order valence-corrected chi connectivity index (χ1v) is 13.7. The number of rotatable bonds is 9. The molecule has 0 radical (unpaired) electrons. The monoisotopic (exact) mass is 596 g/mol. The molecule has 5 rings (SSSR count). The third-order valence-electron chi connectivity index (χ3n) is 6.76. The van der Waals surface area contributed by atoms with Crippen LogP contribution in [0.4, 0.5) is 0 Å². The number of ether oxygens (including phenoxy) is 5. The summed E-state index contributed by atoms with van der Waals surface area (Å²) in [5.41, 5.74) is 0.736. The molecule has 1 fully saturated rings. The van der Waals surface area contributed by atoms with Crippen LogP contribution in [-0.2, 0) is 23.7 Å². The Kier molecular flexibility index (Phi) is 9.75. The number of esters is 4. The number of carbonyl (C=O) groups excluding carboxylic acids is 4. The minimum Gasteiger partial charge on any atom is -0.459 e. The van der Waals surface area contributed by atoms with Crippen LogP contribution in [0.5, 0.6) is 0 Å². The Bertz CT molecular complexity index is 1560. The molecule has 10 nitrogen and oxygen atoms in total. The van der Waals surface area contributed by atoms with Gasteiger partial charge in [0.15, 0.2) is 24.6 Å². The van der Waals surface area contributed by atoms with E-state index in [-0.39, 0.29) is 22.3 Å². The maximum absolute atomic E-state index is 13.3. The Labute approximate surface area is 252 Å². The van der Waals surface area contributed by atoms with E-state index in [1.807, 2.05) is 0 Å². The second kappa shape index (κ2) is 14.2. The molecule has 1 aliphatic rings. The quantitative estimate of drug-likeness (QED) is 0.221. The van der Waals surface area contributed by atoms with E-state index in [1.165, 1.54) is 36.4 Å². The molecule has 0 spiro atoms. The van der Waals surface area contributed by atoms with E-state index in [1.54, 1.807) is 84.9 Å². The molecule has 1 heterocycles. The number of aliphatic hydroxyl groups is 1. The standard InChI is InChI=1S/C34H28O10/c35-30(22-13-5-1-6-14-22)40-21-26-27(42-31(36)23-15-7-2-8-16-23)28(43-32(37)24-17-9-3-10-18-24)29(34(39)41-26)44-33(38)25-19-11-4-12-20-25/h1-20,26-29,34,39H,21H2/t26-,27+,28+,29-,34+/m0/s1. The lowest BCUT2D eigenvalue weighted by Gasteiger charge is -2.42. The molecule has 4 aromatic rings. The third kappa shape index (κ3) is 7.35. The van der Waals surface area contributed by atoms with Crippen molar-refractivity contribution < 1.29 is 48.0 Å². The van der Waals surface area contributed by atoms with Gasteiger partial charge in [-0.15, -0.1) is 0 Å². The molecule has 0 amide bonds. The van der Waals surface area contributed by atoms with E-state index >= 15 is 0 Å². The van der Waals surface area contributed by atoms with Gasteiger partial charge in [0, 0.05) is 0 Å². The Balaban J connectivity index is 1.48. The number of carbonyl (C=O) groups is 4. The molecule has 1 N–H and O–H groups in total. The van der Waals surface area contributed by atoms with Gasteiger partial charge in [0.2, 0.25) is 0 Å². The second-order valence-electron chi connectivity index (χ2n) is 9.74. The van der Waals surface area contributed by atoms with E-state index in [0.29, 0.717) is 0 Å². The largest absolute Gasteiger partial charge is 0.459 e. The normalized spacial score (nSPS) is 21.0. The summed E-state index contributed by atoms with van der Waals surface area (Å²) in [5.74, 6) is -3.21. The molecule has 0 aliphatic carbocycles. The summed E-state index contributed by atoms with van der Waals surface area (Å²) in [4.78, 5) is 52.3. The molecule has 0 bridgehead atoms. The van der Waals surface area contributed by atoms with Gasteiger partial charge in [0.1, 0.15) is 12.7 Å². The van der Waals surface area contributed by atoms with Crippen LogP contribution in [0.1, 0.15) is 41.4 Å². The molecule has 224 valence electrons. The molecule has 0 unspecified atom stereocenters. The summed E-state index contributed by atoms with van der Waals surface area (Å²) in [6.07, 6.45) is -7.89. The lowest BCUT2D eigenvalue weighted by Crippen LogP contribution is -2.62. The average Bonchev–Trinajstić information content (AvgIpc) is 3.07. The van der Waals surface area contributed by atoms with Gasteiger partial charge < -0.3 is 28.8 Å². The van der Waals surface area contributed by atoms with Crippen molar-refractivity contribution in [1.82, 2.24) is 0 Å². The summed E-state index contributed by atoms with van der Waals surface area (Å²) < 4.78 is 28.4. The summed E-state index contributed by atoms with van der Waals surface area (Å²) in [6, 6.07) is 32.1. The highest BCUT2D eigenvalue weighted by molar-refractivity contribution is 5.91. The first-order chi connectivity index (χ1) is 21.4. The summed E-state index contributed by atoms with van der Waals surface area (Å²) in [6.45, 7) is -0.504. The van der Waals surface area contributed by atoms with Gasteiger partial charge in [-0.05, 0) is 48.5 Å². The summed E-state index contributed by atoms with van der Waals surface area (Å²) >= 11 is 0. The molecular weight excluding hydrogens is 568 g/mol. The molecule has 4 aromatic carbocycles. The van der Waals surface area contributed by atoms with Crippen LogP contribution in [0.3, 0.4) is 0 Å². The van der Waals surface area contributed by atoms with Gasteiger partial charge in [-0.25, -0.2) is 19.2 Å². The van der Waals surface area contributed by atoms with Gasteiger partial charge >= 0.3 is 23.9 Å². The topological polar surface area (TPSA) is 135 Å². The van der Waals surface area contributed by atoms with Gasteiger partial charge in [-0.1, -0.05) is 72.8 Å². The maximum Gasteiger partial charge on any atom is 0.338 e. The van der Waals surface area contributed by atoms with Crippen LogP contribution in [0, 0.1) is 0 Å². The summed E-state index contributed by atoms with van der Waals surface area (Å²) in [7, 11) is 0. The molecule has 0 aromatic heterocycles. The second-order valence-corrected chi connectivity index (χ2v) is 9.74. The lowest BCUT2D eigenvalue weighted by atomic mass is 9.97. The van der Waals surface area contributed by atoms with E-state index in [4.69, 9.17) is 23.7 Å². The van der Waals surface area contributed by atoms with Crippen LogP contribution in [0.2, 0.25) is 0 Å². The van der Waals surface area contributed by atoms with Crippen molar-refractivity contribution in [2.45, 2.75) is 30.7 Å². The van der Waals surface area contributed by atoms with E-state index in [2.05, 4.69) is 0 Å². The fraction of sp³-hybridized carbons (Fsp3) is 0.176. The number of hydrogen-bond acceptors (Lipinski definition) is 10. The zero-order valence-corrected chi connectivity index (χ0v) is 23.3. The van der Waals surface area contributed by atoms with Crippen molar-refractivity contribution in [2.75, 3.05) is 6.61 Å². The van der Waals surface area contributed by atoms with Gasteiger partial charge in [0.05, 0.1) is 22.3 Å². The molecule has 10 heteroatoms. The zero-order valence-electron chi connectivity index (χ0n) is 23.3. The lowest BCUT2D eigenvalue weighted by molar-refractivity contribution is -0.284. The smallest absolute Gasteiger partial charge is 0.338 e. The zero-order chi connectivity index (χ0) is 30.9. The van der Waals surface area contributed by atoms with Crippen molar-refractivity contribution in [2.24, 2.45) is 0 Å². The number of aliphatic hydroxyl groups excluding tert-OH is 1. The molecule has 0 saturated carbocycles. The first-order valence-electron chi connectivity index (χ1n) is 13.7. The minimum absolute atomic E-state index is 0.154. The SMILES string of the molecule is O=C(OC[C@@H]1O[C@@H](O)[C@@H](OC(=O)c2ccccc2)[C@H](OC(=O)c2ccccc2)[C@@H]1OC(=O)c1ccccc1)c1ccccc1. The maximum atomic E-state index is 13.3. The van der Waals surface area contributed by atoms with Crippen LogP contribution in [-0.4, -0.2) is 66.3 Å². The average molecular weight is 597 g/mol. The van der Waals surface area contributed by atoms with E-state index < -0.39 is 61.2 Å². The van der Waals surface area contributed by atoms with E-state index in [9.17, 15) is 24.3 Å². The van der Waals surface area contributed by atoms with E-state index in [0.717, 1.165) is 0 Å². The number of benzene rings is 4. The highest BCUT2D eigenvalue weighted by Gasteiger charge is 2.52. The fourth-order valence-electron chi connectivity index (χ4n) is 4.54. The molecular formula is C34H28O10. The van der Waals surface area contributed by atoms with Crippen molar-refractivity contribution in [3.8, 4) is 0 Å². The van der Waals surface area contributed by atoms with Crippen molar-refractivity contribution in [3.05, 3.63) is 144 Å². The fourth-order valence-corrected chi connectivity index (χ4v) is 4.54. The molecule has 44 heavy (non-hydrogen) atoms. The predicted octanol–water partition coefficient (Wildman–Crippen LogP) is 4.24. The molecule has 5 atom stereocenters. The predicted molar refractivity (Wildman–Crippen MR) is 155 cm³/mol. The highest BCUT2D eigenvalue weighted by Crippen LogP contribution is 2.30. The van der Waals surface area contributed by atoms with Crippen LogP contribution in [0.15, 0.2) is 121 Å². The van der Waals surface area contributed by atoms with Crippen molar-refractivity contribution in [1.29, 1.82) is 0 Å². The first kappa shape index (κ1) is 30.1. The van der Waals surface area contributed by atoms with Crippen LogP contribution < -0.4 is 0 Å². The van der Waals surface area contributed by atoms with Crippen LogP contribution >= 0.6 is 0 Å². The minimum atomic E-state index is -1.86. The Morgan fingerprint density at radius 2 is 0.841 bits per heavy atom. The van der Waals surface area contributed by atoms with Crippen molar-refractivity contribution in [3.63, 3.8) is 0 Å². The summed E-state index contributed by atoms with van der Waals surface area (Å²) in [5, 5.41) is 11.1. The van der Waals surface area contributed by atoms with Crippen LogP contribution in [0.25, 0.3) is 0 Å². The van der Waals surface area contributed by atoms with Gasteiger partial charge in [-0.3, -0.25) is 0 Å². The Morgan fingerprint density at radius 3 is 1.25 bits per heavy atom. The molecule has 1 saturated heterocycles. The van der Waals surface area contributed by atoms with Gasteiger partial charge in [0.25, 0.3) is 0 Å². The van der Waals surface area contributed by atoms with Gasteiger partial charge in [-0.2, -0.15) is 0 Å². The number of hydrogen-bond donors (Lipinski definition) is 1. The highest BCUT2D eigenvalue weighted by atomic mass is 16.7. The third-order valence-corrected chi connectivity index (χ3v) is 6.76. The molecule has 1 aliphatic heterocycles. The Morgan fingerprint density at radius 1 is 0.500 bits per heavy atom.